The normalized spacial score (nSPS) is 16.8. The first-order valence-corrected chi connectivity index (χ1v) is 11.1. The molecule has 1 unspecified atom stereocenters. The number of ether oxygens (including phenoxy) is 2. The fraction of sp³-hybridized carbons (Fsp3) is 0.435. The SMILES string of the molecule is COc1ccc(C)cc1C1(CNC(=O)C(C)Sc2ccc(Cl)cc2)CCOCC1. The quantitative estimate of drug-likeness (QED) is 0.624. The van der Waals surface area contributed by atoms with Crippen molar-refractivity contribution >= 4 is 29.3 Å². The number of carbonyl (C=O) groups excluding carboxylic acids is 1. The number of nitrogens with one attached hydrogen (secondary N) is 1. The first kappa shape index (κ1) is 22.0. The number of aryl methyl sites for hydroxylation is 1. The Morgan fingerprint density at radius 2 is 1.93 bits per heavy atom. The zero-order valence-electron chi connectivity index (χ0n) is 17.2. The molecule has 1 amide bonds. The molecule has 6 heteroatoms. The highest BCUT2D eigenvalue weighted by Gasteiger charge is 2.37. The van der Waals surface area contributed by atoms with E-state index in [0.717, 1.165) is 29.1 Å². The lowest BCUT2D eigenvalue weighted by Crippen LogP contribution is -2.46. The molecule has 4 nitrogen and oxygen atoms in total. The number of amides is 1. The lowest BCUT2D eigenvalue weighted by Gasteiger charge is -2.39. The van der Waals surface area contributed by atoms with E-state index in [1.807, 2.05) is 37.3 Å². The Morgan fingerprint density at radius 3 is 2.59 bits per heavy atom. The molecule has 1 heterocycles. The van der Waals surface area contributed by atoms with Crippen LogP contribution in [0.15, 0.2) is 47.4 Å². The van der Waals surface area contributed by atoms with Gasteiger partial charge in [-0.05, 0) is 57.0 Å². The number of rotatable bonds is 7. The standard InChI is InChI=1S/C23H28ClNO3S/c1-16-4-9-21(27-3)20(14-16)23(10-12-28-13-11-23)15-25-22(26)17(2)29-19-7-5-18(24)6-8-19/h4-9,14,17H,10-13,15H2,1-3H3,(H,25,26). The van der Waals surface area contributed by atoms with Gasteiger partial charge in [0.25, 0.3) is 0 Å². The predicted molar refractivity (Wildman–Crippen MR) is 119 cm³/mol. The monoisotopic (exact) mass is 433 g/mol. The van der Waals surface area contributed by atoms with Gasteiger partial charge in [-0.15, -0.1) is 11.8 Å². The second kappa shape index (κ2) is 9.88. The van der Waals surface area contributed by atoms with Gasteiger partial charge in [0, 0.05) is 40.7 Å². The molecule has 0 aromatic heterocycles. The number of thioether (sulfide) groups is 1. The summed E-state index contributed by atoms with van der Waals surface area (Å²) in [6.45, 7) is 5.95. The van der Waals surface area contributed by atoms with Crippen LogP contribution < -0.4 is 10.1 Å². The van der Waals surface area contributed by atoms with Gasteiger partial charge in [0.05, 0.1) is 12.4 Å². The number of hydrogen-bond acceptors (Lipinski definition) is 4. The number of halogens is 1. The van der Waals surface area contributed by atoms with E-state index in [-0.39, 0.29) is 16.6 Å². The van der Waals surface area contributed by atoms with Crippen LogP contribution in [0.5, 0.6) is 5.75 Å². The second-order valence-corrected chi connectivity index (χ2v) is 9.38. The van der Waals surface area contributed by atoms with Gasteiger partial charge in [-0.25, -0.2) is 0 Å². The van der Waals surface area contributed by atoms with Crippen molar-refractivity contribution in [3.63, 3.8) is 0 Å². The Bertz CT molecular complexity index is 835. The third-order valence-corrected chi connectivity index (χ3v) is 6.84. The first-order chi connectivity index (χ1) is 13.9. The molecule has 2 aromatic rings. The van der Waals surface area contributed by atoms with E-state index < -0.39 is 0 Å². The molecule has 0 saturated carbocycles. The molecule has 1 aliphatic rings. The average molecular weight is 434 g/mol. The Balaban J connectivity index is 1.73. The summed E-state index contributed by atoms with van der Waals surface area (Å²) < 4.78 is 11.3. The minimum Gasteiger partial charge on any atom is -0.496 e. The Morgan fingerprint density at radius 1 is 1.24 bits per heavy atom. The predicted octanol–water partition coefficient (Wildman–Crippen LogP) is 5.00. The summed E-state index contributed by atoms with van der Waals surface area (Å²) in [4.78, 5) is 13.9. The zero-order chi connectivity index (χ0) is 20.9. The van der Waals surface area contributed by atoms with Crippen molar-refractivity contribution in [3.05, 3.63) is 58.6 Å². The van der Waals surface area contributed by atoms with Gasteiger partial charge in [-0.2, -0.15) is 0 Å². The topological polar surface area (TPSA) is 47.6 Å². The van der Waals surface area contributed by atoms with E-state index in [9.17, 15) is 4.79 Å². The molecule has 1 saturated heterocycles. The molecular weight excluding hydrogens is 406 g/mol. The molecule has 1 aliphatic heterocycles. The van der Waals surface area contributed by atoms with Crippen LogP contribution in [0, 0.1) is 6.92 Å². The largest absolute Gasteiger partial charge is 0.496 e. The molecule has 29 heavy (non-hydrogen) atoms. The van der Waals surface area contributed by atoms with Crippen molar-refractivity contribution in [2.45, 2.75) is 42.2 Å². The number of benzene rings is 2. The van der Waals surface area contributed by atoms with E-state index >= 15 is 0 Å². The Labute approximate surface area is 182 Å². The molecule has 3 rings (SSSR count). The molecule has 0 aliphatic carbocycles. The third kappa shape index (κ3) is 5.47. The highest BCUT2D eigenvalue weighted by Crippen LogP contribution is 2.40. The molecular formula is C23H28ClNO3S. The highest BCUT2D eigenvalue weighted by molar-refractivity contribution is 8.00. The first-order valence-electron chi connectivity index (χ1n) is 9.86. The fourth-order valence-corrected chi connectivity index (χ4v) is 4.73. The fourth-order valence-electron chi connectivity index (χ4n) is 3.71. The molecule has 1 N–H and O–H groups in total. The molecule has 0 spiro atoms. The minimum absolute atomic E-state index is 0.0300. The lowest BCUT2D eigenvalue weighted by atomic mass is 9.73. The van der Waals surface area contributed by atoms with E-state index in [4.69, 9.17) is 21.1 Å². The molecule has 156 valence electrons. The van der Waals surface area contributed by atoms with Crippen LogP contribution in [0.1, 0.15) is 30.9 Å². The van der Waals surface area contributed by atoms with E-state index in [1.54, 1.807) is 7.11 Å². The highest BCUT2D eigenvalue weighted by atomic mass is 35.5. The van der Waals surface area contributed by atoms with Crippen molar-refractivity contribution in [1.82, 2.24) is 5.32 Å². The number of methoxy groups -OCH3 is 1. The Kier molecular flexibility index (Phi) is 7.49. The van der Waals surface area contributed by atoms with Crippen LogP contribution in [0.2, 0.25) is 5.02 Å². The van der Waals surface area contributed by atoms with Gasteiger partial charge < -0.3 is 14.8 Å². The van der Waals surface area contributed by atoms with Crippen LogP contribution in [0.25, 0.3) is 0 Å². The average Bonchev–Trinajstić information content (AvgIpc) is 2.74. The van der Waals surface area contributed by atoms with Crippen molar-refractivity contribution in [1.29, 1.82) is 0 Å². The van der Waals surface area contributed by atoms with Gasteiger partial charge in [0.2, 0.25) is 5.91 Å². The van der Waals surface area contributed by atoms with Crippen molar-refractivity contribution < 1.29 is 14.3 Å². The molecule has 0 radical (unpaired) electrons. The van der Waals surface area contributed by atoms with E-state index in [0.29, 0.717) is 24.8 Å². The summed E-state index contributed by atoms with van der Waals surface area (Å²) in [6.07, 6.45) is 1.71. The van der Waals surface area contributed by atoms with Crippen LogP contribution in [-0.2, 0) is 14.9 Å². The van der Waals surface area contributed by atoms with Gasteiger partial charge in [-0.1, -0.05) is 29.3 Å². The lowest BCUT2D eigenvalue weighted by molar-refractivity contribution is -0.120. The van der Waals surface area contributed by atoms with Crippen LogP contribution in [-0.4, -0.2) is 38.0 Å². The van der Waals surface area contributed by atoms with Crippen molar-refractivity contribution in [2.75, 3.05) is 26.9 Å². The van der Waals surface area contributed by atoms with Gasteiger partial charge in [0.1, 0.15) is 5.75 Å². The second-order valence-electron chi connectivity index (χ2n) is 7.53. The summed E-state index contributed by atoms with van der Waals surface area (Å²) in [7, 11) is 1.70. The van der Waals surface area contributed by atoms with Gasteiger partial charge in [0.15, 0.2) is 0 Å². The van der Waals surface area contributed by atoms with Gasteiger partial charge >= 0.3 is 0 Å². The van der Waals surface area contributed by atoms with Crippen LogP contribution in [0.4, 0.5) is 0 Å². The molecule has 0 bridgehead atoms. The van der Waals surface area contributed by atoms with Crippen molar-refractivity contribution in [2.24, 2.45) is 0 Å². The molecule has 1 fully saturated rings. The summed E-state index contributed by atoms with van der Waals surface area (Å²) in [5.41, 5.74) is 2.15. The summed E-state index contributed by atoms with van der Waals surface area (Å²) in [5, 5.41) is 3.69. The zero-order valence-corrected chi connectivity index (χ0v) is 18.7. The maximum atomic E-state index is 12.8. The maximum absolute atomic E-state index is 12.8. The molecule has 2 aromatic carbocycles. The maximum Gasteiger partial charge on any atom is 0.233 e. The molecule has 1 atom stereocenters. The Hall–Kier alpha value is -1.69. The number of hydrogen-bond donors (Lipinski definition) is 1. The third-order valence-electron chi connectivity index (χ3n) is 5.47. The summed E-state index contributed by atoms with van der Waals surface area (Å²) >= 11 is 7.48. The van der Waals surface area contributed by atoms with E-state index in [2.05, 4.69) is 24.4 Å². The van der Waals surface area contributed by atoms with Crippen molar-refractivity contribution in [3.8, 4) is 5.75 Å². The van der Waals surface area contributed by atoms with Crippen LogP contribution >= 0.6 is 23.4 Å². The smallest absolute Gasteiger partial charge is 0.233 e. The number of carbonyl (C=O) groups is 1. The van der Waals surface area contributed by atoms with Gasteiger partial charge in [-0.3, -0.25) is 4.79 Å². The summed E-state index contributed by atoms with van der Waals surface area (Å²) in [5.74, 6) is 0.901. The summed E-state index contributed by atoms with van der Waals surface area (Å²) in [6, 6.07) is 13.8. The van der Waals surface area contributed by atoms with E-state index in [1.165, 1.54) is 17.3 Å². The minimum atomic E-state index is -0.201. The van der Waals surface area contributed by atoms with Crippen LogP contribution in [0.3, 0.4) is 0 Å².